The monoisotopic (exact) mass is 558 g/mol. The van der Waals surface area contributed by atoms with Crippen LogP contribution in [0.25, 0.3) is 54.9 Å². The smallest absolute Gasteiger partial charge is 0.123 e. The maximum atomic E-state index is 13.1. The van der Waals surface area contributed by atoms with Crippen molar-refractivity contribution >= 4 is 47.0 Å². The SMILES string of the molecule is Fc1ccc(C=Cc2ccc(-c3ccc(-c4ccc(-c5ccc(C=Cc6ccc(F)cc6)cc5)s4)s3)cc2)cc1. The zero-order valence-electron chi connectivity index (χ0n) is 21.4. The van der Waals surface area contributed by atoms with Gasteiger partial charge in [-0.2, -0.15) is 0 Å². The van der Waals surface area contributed by atoms with E-state index in [0.717, 1.165) is 22.3 Å². The third-order valence-corrected chi connectivity index (χ3v) is 8.99. The van der Waals surface area contributed by atoms with E-state index in [0.29, 0.717) is 0 Å². The first-order valence-corrected chi connectivity index (χ1v) is 14.5. The van der Waals surface area contributed by atoms with Crippen molar-refractivity contribution in [2.75, 3.05) is 0 Å². The molecule has 0 aliphatic heterocycles. The van der Waals surface area contributed by atoms with E-state index in [9.17, 15) is 8.78 Å². The molecule has 0 saturated carbocycles. The van der Waals surface area contributed by atoms with Gasteiger partial charge in [-0.15, -0.1) is 22.7 Å². The van der Waals surface area contributed by atoms with Crippen LogP contribution in [0.4, 0.5) is 8.78 Å². The number of rotatable bonds is 7. The Labute approximate surface area is 240 Å². The highest BCUT2D eigenvalue weighted by atomic mass is 32.1. The second-order valence-corrected chi connectivity index (χ2v) is 11.5. The molecule has 0 nitrogen and oxygen atoms in total. The van der Waals surface area contributed by atoms with Crippen LogP contribution < -0.4 is 0 Å². The molecule has 0 spiro atoms. The van der Waals surface area contributed by atoms with Crippen molar-refractivity contribution in [3.63, 3.8) is 0 Å². The lowest BCUT2D eigenvalue weighted by molar-refractivity contribution is 0.627. The second-order valence-electron chi connectivity index (χ2n) is 9.34. The van der Waals surface area contributed by atoms with Gasteiger partial charge in [-0.1, -0.05) is 97.1 Å². The van der Waals surface area contributed by atoms with E-state index in [1.54, 1.807) is 46.9 Å². The van der Waals surface area contributed by atoms with Gasteiger partial charge in [0.1, 0.15) is 11.6 Å². The molecule has 0 fully saturated rings. The van der Waals surface area contributed by atoms with Crippen molar-refractivity contribution in [1.82, 2.24) is 0 Å². The first-order chi connectivity index (χ1) is 19.6. The van der Waals surface area contributed by atoms with Crippen LogP contribution in [0.1, 0.15) is 22.3 Å². The maximum Gasteiger partial charge on any atom is 0.123 e. The summed E-state index contributed by atoms with van der Waals surface area (Å²) in [5.74, 6) is -0.448. The van der Waals surface area contributed by atoms with Crippen LogP contribution in [0.15, 0.2) is 121 Å². The third kappa shape index (κ3) is 6.26. The minimum atomic E-state index is -0.224. The number of thiophene rings is 2. The summed E-state index contributed by atoms with van der Waals surface area (Å²) in [7, 11) is 0. The van der Waals surface area contributed by atoms with Gasteiger partial charge in [-0.25, -0.2) is 8.78 Å². The molecule has 6 aromatic rings. The molecule has 40 heavy (non-hydrogen) atoms. The van der Waals surface area contributed by atoms with Crippen LogP contribution in [-0.4, -0.2) is 0 Å². The summed E-state index contributed by atoms with van der Waals surface area (Å²) >= 11 is 3.59. The standard InChI is InChI=1S/C36H24F2S2/c37-31-17-9-27(10-18-31)3-1-25-5-13-29(14-6-25)33-21-23-35(39-33)36-24-22-34(40-36)30-15-7-26(8-16-30)2-4-28-11-19-32(38)20-12-28/h1-24H. The lowest BCUT2D eigenvalue weighted by atomic mass is 10.1. The summed E-state index contributed by atoms with van der Waals surface area (Å²) in [6.07, 6.45) is 8.06. The first-order valence-electron chi connectivity index (χ1n) is 12.9. The number of halogens is 2. The van der Waals surface area contributed by atoms with Crippen LogP contribution in [0.5, 0.6) is 0 Å². The summed E-state index contributed by atoms with van der Waals surface area (Å²) in [6, 6.07) is 38.8. The molecular formula is C36H24F2S2. The van der Waals surface area contributed by atoms with Gasteiger partial charge < -0.3 is 0 Å². The zero-order valence-corrected chi connectivity index (χ0v) is 23.1. The first kappa shape index (κ1) is 25.9. The van der Waals surface area contributed by atoms with Crippen LogP contribution >= 0.6 is 22.7 Å². The Kier molecular flexibility index (Phi) is 7.62. The zero-order chi connectivity index (χ0) is 27.3. The Morgan fingerprint density at radius 3 is 0.925 bits per heavy atom. The van der Waals surface area contributed by atoms with Crippen LogP contribution in [0.2, 0.25) is 0 Å². The quantitative estimate of drug-likeness (QED) is 0.171. The normalized spacial score (nSPS) is 11.6. The van der Waals surface area contributed by atoms with Crippen molar-refractivity contribution in [2.24, 2.45) is 0 Å². The summed E-state index contributed by atoms with van der Waals surface area (Å²) < 4.78 is 26.2. The van der Waals surface area contributed by atoms with Crippen LogP contribution in [0, 0.1) is 11.6 Å². The predicted molar refractivity (Wildman–Crippen MR) is 169 cm³/mol. The van der Waals surface area contributed by atoms with Gasteiger partial charge in [0.2, 0.25) is 0 Å². The molecule has 2 aromatic heterocycles. The van der Waals surface area contributed by atoms with E-state index in [-0.39, 0.29) is 11.6 Å². The fourth-order valence-electron chi connectivity index (χ4n) is 4.30. The average Bonchev–Trinajstić information content (AvgIpc) is 3.68. The molecule has 194 valence electrons. The minimum Gasteiger partial charge on any atom is -0.207 e. The van der Waals surface area contributed by atoms with E-state index >= 15 is 0 Å². The van der Waals surface area contributed by atoms with Gasteiger partial charge in [0.05, 0.1) is 0 Å². The highest BCUT2D eigenvalue weighted by Crippen LogP contribution is 2.40. The number of benzene rings is 4. The minimum absolute atomic E-state index is 0.224. The lowest BCUT2D eigenvalue weighted by Crippen LogP contribution is -1.76. The third-order valence-electron chi connectivity index (χ3n) is 6.52. The van der Waals surface area contributed by atoms with Gasteiger partial charge in [0.25, 0.3) is 0 Å². The molecule has 0 saturated heterocycles. The fraction of sp³-hybridized carbons (Fsp3) is 0. The Morgan fingerprint density at radius 2 is 0.600 bits per heavy atom. The molecule has 6 rings (SSSR count). The molecular weight excluding hydrogens is 535 g/mol. The lowest BCUT2D eigenvalue weighted by Gasteiger charge is -2.00. The van der Waals surface area contributed by atoms with Crippen LogP contribution in [-0.2, 0) is 0 Å². The largest absolute Gasteiger partial charge is 0.207 e. The van der Waals surface area contributed by atoms with E-state index in [1.807, 2.05) is 24.3 Å². The van der Waals surface area contributed by atoms with Gasteiger partial charge in [-0.3, -0.25) is 0 Å². The van der Waals surface area contributed by atoms with E-state index < -0.39 is 0 Å². The molecule has 4 heteroatoms. The number of hydrogen-bond acceptors (Lipinski definition) is 2. The molecule has 0 aliphatic rings. The molecule has 2 heterocycles. The number of hydrogen-bond donors (Lipinski definition) is 0. The van der Waals surface area contributed by atoms with Crippen molar-refractivity contribution in [1.29, 1.82) is 0 Å². The molecule has 0 unspecified atom stereocenters. The van der Waals surface area contributed by atoms with Crippen molar-refractivity contribution in [3.8, 4) is 30.6 Å². The van der Waals surface area contributed by atoms with Crippen molar-refractivity contribution in [2.45, 2.75) is 0 Å². The molecule has 0 atom stereocenters. The summed E-state index contributed by atoms with van der Waals surface area (Å²) in [4.78, 5) is 4.98. The van der Waals surface area contributed by atoms with E-state index in [1.165, 1.54) is 54.9 Å². The van der Waals surface area contributed by atoms with E-state index in [2.05, 4.69) is 72.8 Å². The predicted octanol–water partition coefficient (Wildman–Crippen LogP) is 11.4. The topological polar surface area (TPSA) is 0 Å². The molecule has 0 aliphatic carbocycles. The maximum absolute atomic E-state index is 13.1. The summed E-state index contributed by atoms with van der Waals surface area (Å²) in [5, 5.41) is 0. The Bertz CT molecular complexity index is 1630. The van der Waals surface area contributed by atoms with Gasteiger partial charge in [0, 0.05) is 19.5 Å². The van der Waals surface area contributed by atoms with Gasteiger partial charge in [-0.05, 0) is 81.9 Å². The van der Waals surface area contributed by atoms with Crippen molar-refractivity contribution < 1.29 is 8.78 Å². The molecule has 0 radical (unpaired) electrons. The fourth-order valence-corrected chi connectivity index (χ4v) is 6.41. The Balaban J connectivity index is 1.12. The molecule has 0 bridgehead atoms. The Morgan fingerprint density at radius 1 is 0.325 bits per heavy atom. The van der Waals surface area contributed by atoms with Gasteiger partial charge in [0.15, 0.2) is 0 Å². The molecule has 4 aromatic carbocycles. The Hall–Kier alpha value is -4.38. The highest BCUT2D eigenvalue weighted by Gasteiger charge is 2.09. The van der Waals surface area contributed by atoms with E-state index in [4.69, 9.17) is 0 Å². The van der Waals surface area contributed by atoms with Gasteiger partial charge >= 0.3 is 0 Å². The second kappa shape index (κ2) is 11.8. The average molecular weight is 559 g/mol. The van der Waals surface area contributed by atoms with Crippen molar-refractivity contribution in [3.05, 3.63) is 155 Å². The summed E-state index contributed by atoms with van der Waals surface area (Å²) in [5.41, 5.74) is 6.53. The molecule has 0 amide bonds. The molecule has 0 N–H and O–H groups in total. The van der Waals surface area contributed by atoms with Crippen LogP contribution in [0.3, 0.4) is 0 Å². The summed E-state index contributed by atoms with van der Waals surface area (Å²) in [6.45, 7) is 0. The highest BCUT2D eigenvalue weighted by molar-refractivity contribution is 7.25.